The Hall–Kier alpha value is -2.15. The van der Waals surface area contributed by atoms with E-state index in [2.05, 4.69) is 25.8 Å². The Kier molecular flexibility index (Phi) is 7.84. The lowest BCUT2D eigenvalue weighted by atomic mass is 10.2. The van der Waals surface area contributed by atoms with Gasteiger partial charge in [-0.2, -0.15) is 0 Å². The first-order valence-electron chi connectivity index (χ1n) is 8.97. The molecule has 1 aliphatic rings. The second-order valence-electron chi connectivity index (χ2n) is 6.04. The number of rotatable bonds is 7. The van der Waals surface area contributed by atoms with Crippen LogP contribution >= 0.6 is 11.6 Å². The van der Waals surface area contributed by atoms with Gasteiger partial charge in [0.15, 0.2) is 5.96 Å². The molecule has 7 nitrogen and oxygen atoms in total. The maximum atomic E-state index is 11.6. The zero-order valence-electron chi connectivity index (χ0n) is 15.6. The molecular weight excluding hydrogens is 354 g/mol. The second-order valence-corrected chi connectivity index (χ2v) is 6.48. The van der Waals surface area contributed by atoms with Crippen LogP contribution in [0, 0.1) is 0 Å². The van der Waals surface area contributed by atoms with Gasteiger partial charge >= 0.3 is 0 Å². The molecule has 1 aromatic carbocycles. The highest BCUT2D eigenvalue weighted by Gasteiger charge is 2.25. The average molecular weight is 382 g/mol. The molecule has 1 aromatic rings. The zero-order valence-corrected chi connectivity index (χ0v) is 16.4. The van der Waals surface area contributed by atoms with Crippen molar-refractivity contribution in [1.29, 1.82) is 0 Å². The van der Waals surface area contributed by atoms with Crippen LogP contribution in [0.4, 0.5) is 5.69 Å². The Morgan fingerprint density at radius 3 is 2.81 bits per heavy atom. The number of hydrogen-bond acceptors (Lipinski definition) is 4. The fourth-order valence-corrected chi connectivity index (χ4v) is 3.09. The largest absolute Gasteiger partial charge is 0.495 e. The van der Waals surface area contributed by atoms with Crippen molar-refractivity contribution in [2.75, 3.05) is 44.7 Å². The molecule has 1 unspecified atom stereocenters. The SMILES string of the molecule is CCNC(=O)CN=C(NCC)NC1CCN(c2cc(Cl)ccc2OC)C1. The summed E-state index contributed by atoms with van der Waals surface area (Å²) in [4.78, 5) is 18.2. The van der Waals surface area contributed by atoms with Gasteiger partial charge in [-0.1, -0.05) is 11.6 Å². The molecule has 1 heterocycles. The maximum absolute atomic E-state index is 11.6. The number of aliphatic imine (C=N–C) groups is 1. The van der Waals surface area contributed by atoms with Crippen LogP contribution in [0.25, 0.3) is 0 Å². The number of nitrogens with zero attached hydrogens (tertiary/aromatic N) is 2. The summed E-state index contributed by atoms with van der Waals surface area (Å²) >= 11 is 6.15. The third kappa shape index (κ3) is 5.69. The summed E-state index contributed by atoms with van der Waals surface area (Å²) in [5.41, 5.74) is 0.994. The number of halogens is 1. The topological polar surface area (TPSA) is 78.0 Å². The highest BCUT2D eigenvalue weighted by Crippen LogP contribution is 2.33. The molecule has 0 bridgehead atoms. The molecular formula is C18H28ClN5O2. The molecule has 3 N–H and O–H groups in total. The lowest BCUT2D eigenvalue weighted by molar-refractivity contribution is -0.119. The van der Waals surface area contributed by atoms with E-state index >= 15 is 0 Å². The minimum absolute atomic E-state index is 0.0820. The summed E-state index contributed by atoms with van der Waals surface area (Å²) in [5, 5.41) is 10.0. The number of guanidine groups is 1. The Morgan fingerprint density at radius 1 is 1.35 bits per heavy atom. The number of anilines is 1. The second kappa shape index (κ2) is 10.1. The highest BCUT2D eigenvalue weighted by atomic mass is 35.5. The molecule has 1 aliphatic heterocycles. The molecule has 26 heavy (non-hydrogen) atoms. The molecule has 1 fully saturated rings. The summed E-state index contributed by atoms with van der Waals surface area (Å²) in [6, 6.07) is 5.87. The molecule has 1 saturated heterocycles. The molecule has 0 saturated carbocycles. The molecule has 2 rings (SSSR count). The third-order valence-electron chi connectivity index (χ3n) is 4.11. The first-order chi connectivity index (χ1) is 12.6. The summed E-state index contributed by atoms with van der Waals surface area (Å²) < 4.78 is 5.45. The van der Waals surface area contributed by atoms with E-state index in [9.17, 15) is 4.79 Å². The molecule has 144 valence electrons. The average Bonchev–Trinajstić information content (AvgIpc) is 3.08. The fourth-order valence-electron chi connectivity index (χ4n) is 2.92. The van der Waals surface area contributed by atoms with Crippen LogP contribution in [0.2, 0.25) is 5.02 Å². The minimum Gasteiger partial charge on any atom is -0.495 e. The smallest absolute Gasteiger partial charge is 0.241 e. The molecule has 0 aliphatic carbocycles. The van der Waals surface area contributed by atoms with E-state index in [1.807, 2.05) is 32.0 Å². The number of hydrogen-bond donors (Lipinski definition) is 3. The number of carbonyl (C=O) groups excluding carboxylic acids is 1. The van der Waals surface area contributed by atoms with Gasteiger partial charge in [-0.25, -0.2) is 4.99 Å². The highest BCUT2D eigenvalue weighted by molar-refractivity contribution is 6.30. The quantitative estimate of drug-likeness (QED) is 0.494. The van der Waals surface area contributed by atoms with E-state index in [1.165, 1.54) is 0 Å². The number of benzene rings is 1. The first kappa shape index (κ1) is 20.2. The Labute approximate surface area is 160 Å². The maximum Gasteiger partial charge on any atom is 0.241 e. The fraction of sp³-hybridized carbons (Fsp3) is 0.556. The van der Waals surface area contributed by atoms with E-state index in [0.29, 0.717) is 17.5 Å². The summed E-state index contributed by atoms with van der Waals surface area (Å²) in [7, 11) is 1.66. The van der Waals surface area contributed by atoms with Crippen LogP contribution in [0.5, 0.6) is 5.75 Å². The van der Waals surface area contributed by atoms with Gasteiger partial charge in [-0.3, -0.25) is 4.79 Å². The molecule has 0 spiro atoms. The Balaban J connectivity index is 1.99. The monoisotopic (exact) mass is 381 g/mol. The predicted octanol–water partition coefficient (Wildman–Crippen LogP) is 1.62. The number of amides is 1. The zero-order chi connectivity index (χ0) is 18.9. The number of carbonyl (C=O) groups is 1. The van der Waals surface area contributed by atoms with Crippen molar-refractivity contribution < 1.29 is 9.53 Å². The van der Waals surface area contributed by atoms with Crippen molar-refractivity contribution in [2.24, 2.45) is 4.99 Å². The van der Waals surface area contributed by atoms with E-state index in [-0.39, 0.29) is 18.5 Å². The number of ether oxygens (including phenoxy) is 1. The van der Waals surface area contributed by atoms with Crippen LogP contribution in [-0.4, -0.2) is 57.7 Å². The van der Waals surface area contributed by atoms with Crippen molar-refractivity contribution in [3.8, 4) is 5.75 Å². The molecule has 1 amide bonds. The molecule has 0 aromatic heterocycles. The van der Waals surface area contributed by atoms with Gasteiger partial charge in [0.05, 0.1) is 12.8 Å². The molecule has 0 radical (unpaired) electrons. The van der Waals surface area contributed by atoms with Gasteiger partial charge in [0.1, 0.15) is 12.3 Å². The number of nitrogens with one attached hydrogen (secondary N) is 3. The Bertz CT molecular complexity index is 638. The van der Waals surface area contributed by atoms with Crippen LogP contribution in [0.1, 0.15) is 20.3 Å². The van der Waals surface area contributed by atoms with Crippen LogP contribution < -0.4 is 25.6 Å². The van der Waals surface area contributed by atoms with Crippen molar-refractivity contribution in [3.05, 3.63) is 23.2 Å². The summed E-state index contributed by atoms with van der Waals surface area (Å²) in [5.74, 6) is 1.39. The van der Waals surface area contributed by atoms with Gasteiger partial charge < -0.3 is 25.6 Å². The van der Waals surface area contributed by atoms with Crippen molar-refractivity contribution in [3.63, 3.8) is 0 Å². The predicted molar refractivity (Wildman–Crippen MR) is 106 cm³/mol. The van der Waals surface area contributed by atoms with Crippen molar-refractivity contribution in [1.82, 2.24) is 16.0 Å². The minimum atomic E-state index is -0.0820. The molecule has 8 heteroatoms. The summed E-state index contributed by atoms with van der Waals surface area (Å²) in [6.45, 7) is 7.05. The van der Waals surface area contributed by atoms with Gasteiger partial charge in [-0.15, -0.1) is 0 Å². The van der Waals surface area contributed by atoms with Crippen LogP contribution in [-0.2, 0) is 4.79 Å². The lowest BCUT2D eigenvalue weighted by Gasteiger charge is -2.22. The first-order valence-corrected chi connectivity index (χ1v) is 9.35. The Morgan fingerprint density at radius 2 is 2.12 bits per heavy atom. The van der Waals surface area contributed by atoms with E-state index in [4.69, 9.17) is 16.3 Å². The standard InChI is InChI=1S/C18H28ClN5O2/c1-4-20-17(25)11-22-18(21-5-2)23-14-8-9-24(12-14)15-10-13(19)6-7-16(15)26-3/h6-7,10,14H,4-5,8-9,11-12H2,1-3H3,(H,20,25)(H2,21,22,23). The van der Waals surface area contributed by atoms with Gasteiger partial charge in [-0.05, 0) is 38.5 Å². The van der Waals surface area contributed by atoms with E-state index < -0.39 is 0 Å². The number of methoxy groups -OCH3 is 1. The van der Waals surface area contributed by atoms with Crippen molar-refractivity contribution >= 4 is 29.2 Å². The number of likely N-dealkylation sites (N-methyl/N-ethyl adjacent to an activating group) is 1. The third-order valence-corrected chi connectivity index (χ3v) is 4.34. The van der Waals surface area contributed by atoms with Gasteiger partial charge in [0.2, 0.25) is 5.91 Å². The van der Waals surface area contributed by atoms with Crippen molar-refractivity contribution in [2.45, 2.75) is 26.3 Å². The van der Waals surface area contributed by atoms with Gasteiger partial charge in [0.25, 0.3) is 0 Å². The van der Waals surface area contributed by atoms with Crippen LogP contribution in [0.15, 0.2) is 23.2 Å². The lowest BCUT2D eigenvalue weighted by Crippen LogP contribution is -2.45. The van der Waals surface area contributed by atoms with E-state index in [0.717, 1.165) is 37.5 Å². The normalized spacial score (nSPS) is 17.2. The van der Waals surface area contributed by atoms with Crippen LogP contribution in [0.3, 0.4) is 0 Å². The summed E-state index contributed by atoms with van der Waals surface area (Å²) in [6.07, 6.45) is 0.960. The van der Waals surface area contributed by atoms with E-state index in [1.54, 1.807) is 7.11 Å². The van der Waals surface area contributed by atoms with Gasteiger partial charge in [0, 0.05) is 37.2 Å². The molecule has 1 atom stereocenters.